The Labute approximate surface area is 143 Å². The molecule has 1 heterocycles. The third-order valence-corrected chi connectivity index (χ3v) is 4.02. The van der Waals surface area contributed by atoms with E-state index in [1.54, 1.807) is 18.2 Å². The van der Waals surface area contributed by atoms with Crippen molar-refractivity contribution in [3.05, 3.63) is 57.6 Å². The summed E-state index contributed by atoms with van der Waals surface area (Å²) in [4.78, 5) is 15.1. The zero-order valence-electron chi connectivity index (χ0n) is 12.1. The van der Waals surface area contributed by atoms with Crippen molar-refractivity contribution >= 4 is 40.6 Å². The summed E-state index contributed by atoms with van der Waals surface area (Å²) >= 11 is 12.1. The van der Waals surface area contributed by atoms with Gasteiger partial charge in [-0.15, -0.1) is 0 Å². The predicted molar refractivity (Wildman–Crippen MR) is 90.3 cm³/mol. The number of ether oxygens (including phenoxy) is 1. The van der Waals surface area contributed by atoms with Crippen molar-refractivity contribution in [3.63, 3.8) is 0 Å². The second-order valence-electron chi connectivity index (χ2n) is 5.25. The molecule has 4 nitrogen and oxygen atoms in total. The summed E-state index contributed by atoms with van der Waals surface area (Å²) in [6.45, 7) is 0.374. The fraction of sp³-hybridized carbons (Fsp3) is 0.176. The SMILES string of the molecule is O=C(O)CC1=Nc2cc(Cl)c(OCc3ccc(Cl)cc3)cc2C1. The van der Waals surface area contributed by atoms with Crippen LogP contribution in [0.15, 0.2) is 41.4 Å². The van der Waals surface area contributed by atoms with Crippen LogP contribution in [0, 0.1) is 0 Å². The van der Waals surface area contributed by atoms with Crippen LogP contribution in [0.2, 0.25) is 10.0 Å². The molecule has 0 unspecified atom stereocenters. The number of rotatable bonds is 5. The van der Waals surface area contributed by atoms with E-state index in [1.165, 1.54) is 0 Å². The zero-order chi connectivity index (χ0) is 16.4. The fourth-order valence-electron chi connectivity index (χ4n) is 2.39. The van der Waals surface area contributed by atoms with Gasteiger partial charge in [0.15, 0.2) is 0 Å². The molecule has 0 atom stereocenters. The quantitative estimate of drug-likeness (QED) is 0.852. The molecule has 1 aliphatic heterocycles. The Kier molecular flexibility index (Phi) is 4.55. The number of aliphatic carboxylic acids is 1. The summed E-state index contributed by atoms with van der Waals surface area (Å²) in [5, 5.41) is 9.98. The molecular weight excluding hydrogens is 337 g/mol. The van der Waals surface area contributed by atoms with Crippen molar-refractivity contribution in [1.82, 2.24) is 0 Å². The van der Waals surface area contributed by atoms with Gasteiger partial charge < -0.3 is 9.84 Å². The Morgan fingerprint density at radius 2 is 1.96 bits per heavy atom. The predicted octanol–water partition coefficient (Wildman–Crippen LogP) is 4.68. The molecule has 0 aromatic heterocycles. The van der Waals surface area contributed by atoms with Crippen LogP contribution in [0.3, 0.4) is 0 Å². The van der Waals surface area contributed by atoms with E-state index >= 15 is 0 Å². The summed E-state index contributed by atoms with van der Waals surface area (Å²) in [5.41, 5.74) is 3.24. The Balaban J connectivity index is 1.72. The van der Waals surface area contributed by atoms with Crippen LogP contribution in [0.5, 0.6) is 5.75 Å². The average Bonchev–Trinajstić information content (AvgIpc) is 2.86. The van der Waals surface area contributed by atoms with E-state index in [9.17, 15) is 4.79 Å². The molecule has 0 bridgehead atoms. The second-order valence-corrected chi connectivity index (χ2v) is 6.10. The summed E-state index contributed by atoms with van der Waals surface area (Å²) in [5.74, 6) is -0.325. The van der Waals surface area contributed by atoms with Gasteiger partial charge in [-0.3, -0.25) is 9.79 Å². The van der Waals surface area contributed by atoms with Gasteiger partial charge in [0.25, 0.3) is 0 Å². The first kappa shape index (κ1) is 15.8. The molecule has 0 fully saturated rings. The summed E-state index contributed by atoms with van der Waals surface area (Å²) in [6.07, 6.45) is 0.448. The van der Waals surface area contributed by atoms with E-state index in [1.807, 2.05) is 18.2 Å². The molecule has 0 saturated heterocycles. The van der Waals surface area contributed by atoms with Crippen LogP contribution in [0.25, 0.3) is 0 Å². The van der Waals surface area contributed by atoms with E-state index in [0.717, 1.165) is 11.1 Å². The number of nitrogens with zero attached hydrogens (tertiary/aromatic N) is 1. The number of halogens is 2. The molecule has 1 aliphatic rings. The van der Waals surface area contributed by atoms with Gasteiger partial charge in [-0.25, -0.2) is 0 Å². The summed E-state index contributed by atoms with van der Waals surface area (Å²) < 4.78 is 5.76. The lowest BCUT2D eigenvalue weighted by Crippen LogP contribution is -2.06. The van der Waals surface area contributed by atoms with Gasteiger partial charge in [0, 0.05) is 17.2 Å². The Hall–Kier alpha value is -2.04. The minimum absolute atomic E-state index is 0.0622. The Morgan fingerprint density at radius 3 is 2.65 bits per heavy atom. The summed E-state index contributed by atoms with van der Waals surface area (Å²) in [7, 11) is 0. The molecule has 1 N–H and O–H groups in total. The van der Waals surface area contributed by atoms with Crippen molar-refractivity contribution in [3.8, 4) is 5.75 Å². The smallest absolute Gasteiger partial charge is 0.309 e. The standard InChI is InChI=1S/C17H13Cl2NO3/c18-12-3-1-10(2-4-12)9-23-16-6-11-5-13(7-17(21)22)20-15(11)8-14(16)19/h1-4,6,8H,5,7,9H2,(H,21,22). The molecular formula is C17H13Cl2NO3. The first-order valence-electron chi connectivity index (χ1n) is 6.99. The highest BCUT2D eigenvalue weighted by atomic mass is 35.5. The van der Waals surface area contributed by atoms with Crippen LogP contribution in [-0.2, 0) is 17.8 Å². The molecule has 2 aromatic rings. The maximum absolute atomic E-state index is 10.8. The topological polar surface area (TPSA) is 58.9 Å². The van der Waals surface area contributed by atoms with Gasteiger partial charge >= 0.3 is 5.97 Å². The number of carbonyl (C=O) groups is 1. The fourth-order valence-corrected chi connectivity index (χ4v) is 2.73. The number of benzene rings is 2. The third-order valence-electron chi connectivity index (χ3n) is 3.47. The highest BCUT2D eigenvalue weighted by Gasteiger charge is 2.19. The second kappa shape index (κ2) is 6.60. The number of carboxylic acids is 1. The molecule has 0 spiro atoms. The van der Waals surface area contributed by atoms with Crippen molar-refractivity contribution in [1.29, 1.82) is 0 Å². The molecule has 0 aliphatic carbocycles. The third kappa shape index (κ3) is 3.84. The van der Waals surface area contributed by atoms with Crippen LogP contribution in [0.1, 0.15) is 17.5 Å². The van der Waals surface area contributed by atoms with Crippen molar-refractivity contribution < 1.29 is 14.6 Å². The Bertz CT molecular complexity index is 785. The number of fused-ring (bicyclic) bond motifs is 1. The molecule has 6 heteroatoms. The highest BCUT2D eigenvalue weighted by Crippen LogP contribution is 2.37. The van der Waals surface area contributed by atoms with Crippen molar-refractivity contribution in [2.75, 3.05) is 0 Å². The van der Waals surface area contributed by atoms with E-state index in [-0.39, 0.29) is 6.42 Å². The zero-order valence-corrected chi connectivity index (χ0v) is 13.6. The molecule has 2 aromatic carbocycles. The van der Waals surface area contributed by atoms with E-state index in [4.69, 9.17) is 33.0 Å². The number of aliphatic imine (C=N–C) groups is 1. The minimum atomic E-state index is -0.887. The first-order chi connectivity index (χ1) is 11.0. The lowest BCUT2D eigenvalue weighted by atomic mass is 10.1. The van der Waals surface area contributed by atoms with Gasteiger partial charge in [-0.1, -0.05) is 35.3 Å². The lowest BCUT2D eigenvalue weighted by molar-refractivity contribution is -0.135. The van der Waals surface area contributed by atoms with E-state index in [0.29, 0.717) is 40.2 Å². The van der Waals surface area contributed by atoms with E-state index in [2.05, 4.69) is 4.99 Å². The van der Waals surface area contributed by atoms with Crippen molar-refractivity contribution in [2.45, 2.75) is 19.4 Å². The molecule has 118 valence electrons. The molecule has 0 amide bonds. The highest BCUT2D eigenvalue weighted by molar-refractivity contribution is 6.32. The normalized spacial score (nSPS) is 12.7. The van der Waals surface area contributed by atoms with Gasteiger partial charge in [0.05, 0.1) is 17.1 Å². The van der Waals surface area contributed by atoms with E-state index < -0.39 is 5.97 Å². The lowest BCUT2D eigenvalue weighted by Gasteiger charge is -2.10. The molecule has 0 radical (unpaired) electrons. The van der Waals surface area contributed by atoms with Gasteiger partial charge in [-0.05, 0) is 35.4 Å². The van der Waals surface area contributed by atoms with Gasteiger partial charge in [0.1, 0.15) is 12.4 Å². The summed E-state index contributed by atoms with van der Waals surface area (Å²) in [6, 6.07) is 10.9. The monoisotopic (exact) mass is 349 g/mol. The van der Waals surface area contributed by atoms with Crippen LogP contribution < -0.4 is 4.74 Å². The Morgan fingerprint density at radius 1 is 1.22 bits per heavy atom. The van der Waals surface area contributed by atoms with Gasteiger partial charge in [0.2, 0.25) is 0 Å². The minimum Gasteiger partial charge on any atom is -0.487 e. The maximum atomic E-state index is 10.8. The molecule has 0 saturated carbocycles. The number of hydrogen-bond donors (Lipinski definition) is 1. The number of hydrogen-bond acceptors (Lipinski definition) is 3. The average molecular weight is 350 g/mol. The van der Waals surface area contributed by atoms with Crippen LogP contribution >= 0.6 is 23.2 Å². The molecule has 23 heavy (non-hydrogen) atoms. The number of carboxylic acid groups (broad SMARTS) is 1. The first-order valence-corrected chi connectivity index (χ1v) is 7.75. The van der Waals surface area contributed by atoms with Gasteiger partial charge in [-0.2, -0.15) is 0 Å². The van der Waals surface area contributed by atoms with Crippen LogP contribution in [0.4, 0.5) is 5.69 Å². The van der Waals surface area contributed by atoms with Crippen LogP contribution in [-0.4, -0.2) is 16.8 Å². The van der Waals surface area contributed by atoms with Crippen molar-refractivity contribution in [2.24, 2.45) is 4.99 Å². The maximum Gasteiger partial charge on any atom is 0.309 e. The molecule has 3 rings (SSSR count). The largest absolute Gasteiger partial charge is 0.487 e.